The first-order valence-electron chi connectivity index (χ1n) is 10.9. The molecule has 0 unspecified atom stereocenters. The highest BCUT2D eigenvalue weighted by atomic mass is 16.5. The van der Waals surface area contributed by atoms with Crippen molar-refractivity contribution in [3.05, 3.63) is 47.0 Å². The Morgan fingerprint density at radius 1 is 1.17 bits per heavy atom. The van der Waals surface area contributed by atoms with E-state index in [1.54, 1.807) is 6.07 Å². The van der Waals surface area contributed by atoms with Gasteiger partial charge in [-0.3, -0.25) is 0 Å². The Morgan fingerprint density at radius 3 is 2.83 bits per heavy atom. The molecule has 2 aromatic rings. The summed E-state index contributed by atoms with van der Waals surface area (Å²) in [5.74, 6) is 3.09. The molecule has 4 nitrogen and oxygen atoms in total. The number of benzene rings is 2. The number of unbranched alkanes of at least 4 members (excludes halogenated alkanes) is 2. The highest BCUT2D eigenvalue weighted by Crippen LogP contribution is 2.45. The highest BCUT2D eigenvalue weighted by molar-refractivity contribution is 5.54. The van der Waals surface area contributed by atoms with Gasteiger partial charge in [0.15, 0.2) is 0 Å². The van der Waals surface area contributed by atoms with Gasteiger partial charge in [-0.2, -0.15) is 0 Å². The lowest BCUT2D eigenvalue weighted by atomic mass is 9.86. The van der Waals surface area contributed by atoms with Crippen molar-refractivity contribution >= 4 is 0 Å². The molecule has 0 fully saturated rings. The van der Waals surface area contributed by atoms with E-state index in [2.05, 4.69) is 32.9 Å². The minimum absolute atomic E-state index is 0.120. The van der Waals surface area contributed by atoms with Gasteiger partial charge in [-0.25, -0.2) is 0 Å². The van der Waals surface area contributed by atoms with E-state index < -0.39 is 0 Å². The summed E-state index contributed by atoms with van der Waals surface area (Å²) in [6.45, 7) is 7.70. The minimum Gasteiger partial charge on any atom is -0.508 e. The maximum atomic E-state index is 10.6. The molecule has 29 heavy (non-hydrogen) atoms. The second-order valence-corrected chi connectivity index (χ2v) is 8.88. The Kier molecular flexibility index (Phi) is 5.62. The van der Waals surface area contributed by atoms with Crippen molar-refractivity contribution in [2.75, 3.05) is 13.2 Å². The zero-order valence-electron chi connectivity index (χ0n) is 17.8. The molecule has 4 rings (SSSR count). The summed E-state index contributed by atoms with van der Waals surface area (Å²) in [6.07, 6.45) is 6.20. The minimum atomic E-state index is -0.120. The maximum Gasteiger partial charge on any atom is 0.129 e. The predicted molar refractivity (Wildman–Crippen MR) is 115 cm³/mol. The van der Waals surface area contributed by atoms with E-state index in [-0.39, 0.29) is 17.3 Å². The van der Waals surface area contributed by atoms with E-state index in [0.717, 1.165) is 54.9 Å². The molecule has 2 aromatic carbocycles. The third kappa shape index (κ3) is 4.31. The molecule has 2 heterocycles. The van der Waals surface area contributed by atoms with Crippen LogP contribution in [0.15, 0.2) is 30.3 Å². The predicted octanol–water partition coefficient (Wildman–Crippen LogP) is 5.78. The first-order valence-corrected chi connectivity index (χ1v) is 10.9. The van der Waals surface area contributed by atoms with Gasteiger partial charge in [-0.1, -0.05) is 31.9 Å². The summed E-state index contributed by atoms with van der Waals surface area (Å²) >= 11 is 0. The second kappa shape index (κ2) is 8.17. The van der Waals surface area contributed by atoms with E-state index in [1.165, 1.54) is 17.5 Å². The van der Waals surface area contributed by atoms with Crippen molar-refractivity contribution < 1.29 is 19.3 Å². The van der Waals surface area contributed by atoms with Crippen LogP contribution < -0.4 is 14.2 Å². The van der Waals surface area contributed by atoms with Crippen molar-refractivity contribution in [3.8, 4) is 23.0 Å². The van der Waals surface area contributed by atoms with E-state index in [0.29, 0.717) is 13.2 Å². The zero-order valence-corrected chi connectivity index (χ0v) is 17.8. The van der Waals surface area contributed by atoms with E-state index in [9.17, 15) is 5.11 Å². The summed E-state index contributed by atoms with van der Waals surface area (Å²) < 4.78 is 18.1. The molecule has 2 aliphatic rings. The summed E-state index contributed by atoms with van der Waals surface area (Å²) in [7, 11) is 0. The Labute approximate surface area is 173 Å². The van der Waals surface area contributed by atoms with Gasteiger partial charge in [-0.15, -0.1) is 0 Å². The van der Waals surface area contributed by atoms with Gasteiger partial charge >= 0.3 is 0 Å². The van der Waals surface area contributed by atoms with Crippen molar-refractivity contribution in [1.82, 2.24) is 0 Å². The number of hydrogen-bond acceptors (Lipinski definition) is 4. The zero-order chi connectivity index (χ0) is 20.4. The number of ether oxygens (including phenoxy) is 3. The first kappa shape index (κ1) is 19.9. The lowest BCUT2D eigenvalue weighted by Crippen LogP contribution is -2.33. The molecule has 0 aliphatic carbocycles. The first-order chi connectivity index (χ1) is 14.0. The molecule has 4 heteroatoms. The molecule has 0 saturated heterocycles. The van der Waals surface area contributed by atoms with E-state index in [1.807, 2.05) is 12.1 Å². The van der Waals surface area contributed by atoms with Gasteiger partial charge in [0.25, 0.3) is 0 Å². The molecule has 0 radical (unpaired) electrons. The molecular weight excluding hydrogens is 364 g/mol. The molecule has 0 bridgehead atoms. The van der Waals surface area contributed by atoms with Crippen LogP contribution in [-0.2, 0) is 12.8 Å². The van der Waals surface area contributed by atoms with Gasteiger partial charge in [0.1, 0.15) is 28.6 Å². The van der Waals surface area contributed by atoms with Crippen LogP contribution in [0.4, 0.5) is 0 Å². The Morgan fingerprint density at radius 2 is 2.03 bits per heavy atom. The largest absolute Gasteiger partial charge is 0.508 e. The van der Waals surface area contributed by atoms with Crippen molar-refractivity contribution in [1.29, 1.82) is 0 Å². The van der Waals surface area contributed by atoms with Crippen LogP contribution in [0.5, 0.6) is 23.0 Å². The lowest BCUT2D eigenvalue weighted by molar-refractivity contribution is 0.0826. The van der Waals surface area contributed by atoms with Gasteiger partial charge in [-0.05, 0) is 57.2 Å². The number of rotatable bonds is 6. The van der Waals surface area contributed by atoms with Crippen LogP contribution in [0.3, 0.4) is 0 Å². The standard InChI is InChI=1S/C25H32O4/c1-4-5-6-13-27-19-8-9-20(22(26)15-19)18-14-17-7-10-23-21(24(17)28-16-18)11-12-25(2,3)29-23/h7-10,15,18,26H,4-6,11-14,16H2,1-3H3/t18-/m1/s1. The number of phenolic OH excluding ortho intramolecular Hbond substituents is 1. The number of aromatic hydroxyl groups is 1. The summed E-state index contributed by atoms with van der Waals surface area (Å²) in [6, 6.07) is 9.87. The van der Waals surface area contributed by atoms with E-state index in [4.69, 9.17) is 14.2 Å². The van der Waals surface area contributed by atoms with Gasteiger partial charge in [0.2, 0.25) is 0 Å². The number of hydrogen-bond donors (Lipinski definition) is 1. The fraction of sp³-hybridized carbons (Fsp3) is 0.520. The number of fused-ring (bicyclic) bond motifs is 3. The summed E-state index contributed by atoms with van der Waals surface area (Å²) in [4.78, 5) is 0. The molecule has 0 saturated carbocycles. The van der Waals surface area contributed by atoms with Crippen LogP contribution in [-0.4, -0.2) is 23.9 Å². The van der Waals surface area contributed by atoms with Gasteiger partial charge in [0, 0.05) is 23.1 Å². The molecule has 0 aromatic heterocycles. The Hall–Kier alpha value is -2.36. The van der Waals surface area contributed by atoms with Crippen molar-refractivity contribution in [2.45, 2.75) is 70.8 Å². The molecule has 0 spiro atoms. The fourth-order valence-corrected chi connectivity index (χ4v) is 4.31. The molecule has 0 amide bonds. The molecule has 2 aliphatic heterocycles. The van der Waals surface area contributed by atoms with Gasteiger partial charge < -0.3 is 19.3 Å². The van der Waals surface area contributed by atoms with Crippen LogP contribution in [0.1, 0.15) is 69.1 Å². The monoisotopic (exact) mass is 396 g/mol. The maximum absolute atomic E-state index is 10.6. The van der Waals surface area contributed by atoms with Crippen molar-refractivity contribution in [3.63, 3.8) is 0 Å². The molecule has 1 N–H and O–H groups in total. The van der Waals surface area contributed by atoms with E-state index >= 15 is 0 Å². The van der Waals surface area contributed by atoms with Crippen LogP contribution >= 0.6 is 0 Å². The topological polar surface area (TPSA) is 47.9 Å². The van der Waals surface area contributed by atoms with Crippen molar-refractivity contribution in [2.24, 2.45) is 0 Å². The summed E-state index contributed by atoms with van der Waals surface area (Å²) in [5, 5.41) is 10.6. The SMILES string of the molecule is CCCCCOc1ccc([C@H]2COc3c(ccc4c3CCC(C)(C)O4)C2)c(O)c1. The van der Waals surface area contributed by atoms with Crippen LogP contribution in [0.2, 0.25) is 0 Å². The lowest BCUT2D eigenvalue weighted by Gasteiger charge is -2.35. The second-order valence-electron chi connectivity index (χ2n) is 8.88. The average molecular weight is 397 g/mol. The van der Waals surface area contributed by atoms with Crippen LogP contribution in [0, 0.1) is 0 Å². The molecule has 156 valence electrons. The molecule has 1 atom stereocenters. The Balaban J connectivity index is 1.48. The van der Waals surface area contributed by atoms with Gasteiger partial charge in [0.05, 0.1) is 13.2 Å². The fourth-order valence-electron chi connectivity index (χ4n) is 4.31. The normalized spacial score (nSPS) is 19.5. The molecular formula is C25H32O4. The van der Waals surface area contributed by atoms with Crippen LogP contribution in [0.25, 0.3) is 0 Å². The average Bonchev–Trinajstić information content (AvgIpc) is 2.70. The number of phenols is 1. The highest BCUT2D eigenvalue weighted by Gasteiger charge is 2.32. The summed E-state index contributed by atoms with van der Waals surface area (Å²) in [5.41, 5.74) is 3.19. The quantitative estimate of drug-likeness (QED) is 0.629. The third-order valence-electron chi connectivity index (χ3n) is 6.02. The Bertz CT molecular complexity index is 871. The smallest absolute Gasteiger partial charge is 0.129 e. The third-order valence-corrected chi connectivity index (χ3v) is 6.02.